The molecule has 0 aromatic rings. The standard InChI is InChI=1S/C7H12N2/c1-5-4-6(8)2-3-7(5)9/h2-5,7H,8-9H2,1H3. The number of hydrogen-bond acceptors (Lipinski definition) is 2. The lowest BCUT2D eigenvalue weighted by Crippen LogP contribution is -2.27. The van der Waals surface area contributed by atoms with Gasteiger partial charge in [0.2, 0.25) is 0 Å². The van der Waals surface area contributed by atoms with Gasteiger partial charge in [0.15, 0.2) is 0 Å². The monoisotopic (exact) mass is 124 g/mol. The molecule has 2 heteroatoms. The van der Waals surface area contributed by atoms with Crippen LogP contribution in [0, 0.1) is 5.92 Å². The third kappa shape index (κ3) is 1.33. The molecule has 0 aromatic heterocycles. The third-order valence-corrected chi connectivity index (χ3v) is 1.57. The van der Waals surface area contributed by atoms with Gasteiger partial charge < -0.3 is 11.5 Å². The topological polar surface area (TPSA) is 52.0 Å². The normalized spacial score (nSPS) is 34.2. The van der Waals surface area contributed by atoms with Crippen LogP contribution in [0.25, 0.3) is 0 Å². The van der Waals surface area contributed by atoms with Crippen LogP contribution in [0.15, 0.2) is 23.9 Å². The second-order valence-corrected chi connectivity index (χ2v) is 2.46. The summed E-state index contributed by atoms with van der Waals surface area (Å²) in [7, 11) is 0. The van der Waals surface area contributed by atoms with Crippen LogP contribution >= 0.6 is 0 Å². The van der Waals surface area contributed by atoms with E-state index in [9.17, 15) is 0 Å². The molecule has 0 amide bonds. The van der Waals surface area contributed by atoms with Gasteiger partial charge in [-0.15, -0.1) is 0 Å². The van der Waals surface area contributed by atoms with Crippen molar-refractivity contribution in [1.29, 1.82) is 0 Å². The first kappa shape index (κ1) is 6.36. The molecule has 1 aliphatic rings. The van der Waals surface area contributed by atoms with Gasteiger partial charge in [0.25, 0.3) is 0 Å². The highest BCUT2D eigenvalue weighted by molar-refractivity contribution is 5.23. The molecule has 0 spiro atoms. The Balaban J connectivity index is 2.70. The van der Waals surface area contributed by atoms with Crippen molar-refractivity contribution in [3.63, 3.8) is 0 Å². The largest absolute Gasteiger partial charge is 0.399 e. The quantitative estimate of drug-likeness (QED) is 0.490. The molecule has 2 nitrogen and oxygen atoms in total. The molecule has 0 fully saturated rings. The molecule has 0 aromatic carbocycles. The van der Waals surface area contributed by atoms with Gasteiger partial charge in [0.1, 0.15) is 0 Å². The van der Waals surface area contributed by atoms with Crippen LogP contribution in [0.5, 0.6) is 0 Å². The van der Waals surface area contributed by atoms with Crippen LogP contribution in [0.3, 0.4) is 0 Å². The Bertz CT molecular complexity index is 158. The van der Waals surface area contributed by atoms with E-state index in [1.54, 1.807) is 0 Å². The fraction of sp³-hybridized carbons (Fsp3) is 0.429. The maximum absolute atomic E-state index is 5.65. The Kier molecular flexibility index (Phi) is 1.58. The fourth-order valence-corrected chi connectivity index (χ4v) is 0.868. The minimum Gasteiger partial charge on any atom is -0.399 e. The summed E-state index contributed by atoms with van der Waals surface area (Å²) in [6.45, 7) is 2.06. The third-order valence-electron chi connectivity index (χ3n) is 1.57. The van der Waals surface area contributed by atoms with Crippen molar-refractivity contribution in [2.24, 2.45) is 17.4 Å². The maximum atomic E-state index is 5.65. The fourth-order valence-electron chi connectivity index (χ4n) is 0.868. The average molecular weight is 124 g/mol. The maximum Gasteiger partial charge on any atom is 0.0289 e. The molecule has 0 saturated carbocycles. The Morgan fingerprint density at radius 1 is 1.56 bits per heavy atom. The second kappa shape index (κ2) is 2.23. The first-order chi connectivity index (χ1) is 4.20. The highest BCUT2D eigenvalue weighted by Gasteiger charge is 2.09. The highest BCUT2D eigenvalue weighted by atomic mass is 14.7. The molecule has 50 valence electrons. The van der Waals surface area contributed by atoms with Gasteiger partial charge in [-0.25, -0.2) is 0 Å². The number of allylic oxidation sites excluding steroid dienone is 1. The Labute approximate surface area is 55.2 Å². The van der Waals surface area contributed by atoms with E-state index in [4.69, 9.17) is 11.5 Å². The zero-order valence-electron chi connectivity index (χ0n) is 5.54. The smallest absolute Gasteiger partial charge is 0.0289 e. The average Bonchev–Trinajstić information content (AvgIpc) is 1.80. The molecule has 0 heterocycles. The second-order valence-electron chi connectivity index (χ2n) is 2.46. The summed E-state index contributed by atoms with van der Waals surface area (Å²) < 4.78 is 0. The first-order valence-electron chi connectivity index (χ1n) is 3.11. The molecule has 1 aliphatic carbocycles. The van der Waals surface area contributed by atoms with Crippen LogP contribution in [0.4, 0.5) is 0 Å². The minimum atomic E-state index is 0.150. The van der Waals surface area contributed by atoms with E-state index in [0.717, 1.165) is 5.70 Å². The molecule has 0 bridgehead atoms. The summed E-state index contributed by atoms with van der Waals surface area (Å²) in [4.78, 5) is 0. The highest BCUT2D eigenvalue weighted by Crippen LogP contribution is 2.11. The Morgan fingerprint density at radius 3 is 2.67 bits per heavy atom. The van der Waals surface area contributed by atoms with Gasteiger partial charge in [-0.2, -0.15) is 0 Å². The lowest BCUT2D eigenvalue weighted by Gasteiger charge is -2.16. The van der Waals surface area contributed by atoms with Crippen LogP contribution < -0.4 is 11.5 Å². The van der Waals surface area contributed by atoms with E-state index in [-0.39, 0.29) is 6.04 Å². The predicted octanol–water partition coefficient (Wildman–Crippen LogP) is 0.362. The van der Waals surface area contributed by atoms with E-state index in [1.165, 1.54) is 0 Å². The summed E-state index contributed by atoms with van der Waals surface area (Å²) in [5, 5.41) is 0. The zero-order chi connectivity index (χ0) is 6.85. The molecule has 0 aliphatic heterocycles. The number of hydrogen-bond donors (Lipinski definition) is 2. The summed E-state index contributed by atoms with van der Waals surface area (Å²) in [5.41, 5.74) is 12.0. The summed E-state index contributed by atoms with van der Waals surface area (Å²) >= 11 is 0. The zero-order valence-corrected chi connectivity index (χ0v) is 5.54. The van der Waals surface area contributed by atoms with E-state index in [2.05, 4.69) is 6.92 Å². The van der Waals surface area contributed by atoms with Gasteiger partial charge in [-0.1, -0.05) is 19.1 Å². The van der Waals surface area contributed by atoms with E-state index >= 15 is 0 Å². The summed E-state index contributed by atoms with van der Waals surface area (Å²) in [5.74, 6) is 0.384. The van der Waals surface area contributed by atoms with Crippen molar-refractivity contribution in [2.45, 2.75) is 13.0 Å². The Hall–Kier alpha value is -0.760. The SMILES string of the molecule is CC1C=C(N)C=CC1N. The van der Waals surface area contributed by atoms with Gasteiger partial charge in [0, 0.05) is 11.7 Å². The van der Waals surface area contributed by atoms with Crippen molar-refractivity contribution in [1.82, 2.24) is 0 Å². The molecule has 9 heavy (non-hydrogen) atoms. The summed E-state index contributed by atoms with van der Waals surface area (Å²) in [6, 6.07) is 0.150. The number of nitrogens with two attached hydrogens (primary N) is 2. The first-order valence-corrected chi connectivity index (χ1v) is 3.11. The van der Waals surface area contributed by atoms with Crippen LogP contribution in [0.1, 0.15) is 6.92 Å². The van der Waals surface area contributed by atoms with Gasteiger partial charge >= 0.3 is 0 Å². The van der Waals surface area contributed by atoms with Crippen molar-refractivity contribution in [2.75, 3.05) is 0 Å². The van der Waals surface area contributed by atoms with Crippen molar-refractivity contribution in [3.05, 3.63) is 23.9 Å². The lowest BCUT2D eigenvalue weighted by atomic mass is 9.97. The molecule has 2 atom stereocenters. The van der Waals surface area contributed by atoms with E-state index < -0.39 is 0 Å². The van der Waals surface area contributed by atoms with Crippen LogP contribution in [-0.4, -0.2) is 6.04 Å². The predicted molar refractivity (Wildman–Crippen MR) is 38.5 cm³/mol. The molecular formula is C7H12N2. The van der Waals surface area contributed by atoms with Gasteiger partial charge in [-0.3, -0.25) is 0 Å². The van der Waals surface area contributed by atoms with Gasteiger partial charge in [-0.05, 0) is 12.0 Å². The van der Waals surface area contributed by atoms with Crippen LogP contribution in [0.2, 0.25) is 0 Å². The molecule has 1 rings (SSSR count). The molecule has 4 N–H and O–H groups in total. The minimum absolute atomic E-state index is 0.150. The van der Waals surface area contributed by atoms with Crippen molar-refractivity contribution in [3.8, 4) is 0 Å². The Morgan fingerprint density at radius 2 is 2.22 bits per heavy atom. The van der Waals surface area contributed by atoms with Crippen molar-refractivity contribution < 1.29 is 0 Å². The van der Waals surface area contributed by atoms with Crippen molar-refractivity contribution >= 4 is 0 Å². The molecule has 0 saturated heterocycles. The van der Waals surface area contributed by atoms with Crippen LogP contribution in [-0.2, 0) is 0 Å². The molecular weight excluding hydrogens is 112 g/mol. The van der Waals surface area contributed by atoms with E-state index in [1.807, 2.05) is 18.2 Å². The lowest BCUT2D eigenvalue weighted by molar-refractivity contribution is 0.619. The summed E-state index contributed by atoms with van der Waals surface area (Å²) in [6.07, 6.45) is 5.76. The van der Waals surface area contributed by atoms with Gasteiger partial charge in [0.05, 0.1) is 0 Å². The molecule has 0 radical (unpaired) electrons. The van der Waals surface area contributed by atoms with E-state index in [0.29, 0.717) is 5.92 Å². The molecule has 2 unspecified atom stereocenters. The number of rotatable bonds is 0.